The van der Waals surface area contributed by atoms with Gasteiger partial charge in [0.15, 0.2) is 11.5 Å². The fourth-order valence-electron chi connectivity index (χ4n) is 2.50. The molecule has 0 atom stereocenters. The smallest absolute Gasteiger partial charge is 0.255 e. The van der Waals surface area contributed by atoms with Crippen molar-refractivity contribution in [2.45, 2.75) is 20.4 Å². The summed E-state index contributed by atoms with van der Waals surface area (Å²) in [4.78, 5) is 18.4. The molecule has 6 nitrogen and oxygen atoms in total. The summed E-state index contributed by atoms with van der Waals surface area (Å²) in [6.45, 7) is 5.90. The van der Waals surface area contributed by atoms with Crippen molar-refractivity contribution in [1.29, 1.82) is 0 Å². The lowest BCUT2D eigenvalue weighted by Gasteiger charge is -2.18. The topological polar surface area (TPSA) is 63.7 Å². The highest BCUT2D eigenvalue weighted by atomic mass is 16.5. The molecule has 1 heterocycles. The molecule has 0 fully saturated rings. The highest BCUT2D eigenvalue weighted by Gasteiger charge is 2.12. The van der Waals surface area contributed by atoms with Crippen LogP contribution in [-0.4, -0.2) is 43.1 Å². The molecule has 0 bridgehead atoms. The summed E-state index contributed by atoms with van der Waals surface area (Å²) in [5, 5.41) is 3.24. The Kier molecular flexibility index (Phi) is 6.62. The molecule has 25 heavy (non-hydrogen) atoms. The number of benzene rings is 1. The van der Waals surface area contributed by atoms with Crippen LogP contribution < -0.4 is 14.8 Å². The standard InChI is InChI=1S/C19H25N3O3/c1-5-22(6-2)19(23)15-8-10-18(21-13-15)20-12-14-7-9-16(24-3)17(11-14)25-4/h7-11,13H,5-6,12H2,1-4H3,(H,20,21). The fraction of sp³-hybridized carbons (Fsp3) is 0.368. The van der Waals surface area contributed by atoms with Crippen LogP contribution in [0.4, 0.5) is 5.82 Å². The first-order chi connectivity index (χ1) is 12.1. The SMILES string of the molecule is CCN(CC)C(=O)c1ccc(NCc2ccc(OC)c(OC)c2)nc1. The monoisotopic (exact) mass is 343 g/mol. The minimum atomic E-state index is 0.00365. The number of ether oxygens (including phenoxy) is 2. The average molecular weight is 343 g/mol. The second-order valence-electron chi connectivity index (χ2n) is 5.45. The molecule has 134 valence electrons. The van der Waals surface area contributed by atoms with E-state index in [-0.39, 0.29) is 5.91 Å². The van der Waals surface area contributed by atoms with Gasteiger partial charge in [0.05, 0.1) is 19.8 Å². The lowest BCUT2D eigenvalue weighted by atomic mass is 10.2. The van der Waals surface area contributed by atoms with Crippen LogP contribution in [0.2, 0.25) is 0 Å². The van der Waals surface area contributed by atoms with Crippen molar-refractivity contribution < 1.29 is 14.3 Å². The number of nitrogens with one attached hydrogen (secondary N) is 1. The molecule has 2 aromatic rings. The minimum Gasteiger partial charge on any atom is -0.493 e. The van der Waals surface area contributed by atoms with E-state index in [1.165, 1.54) is 0 Å². The number of hydrogen-bond acceptors (Lipinski definition) is 5. The Balaban J connectivity index is 2.01. The Labute approximate surface area is 148 Å². The number of nitrogens with zero attached hydrogens (tertiary/aromatic N) is 2. The zero-order valence-electron chi connectivity index (χ0n) is 15.2. The lowest BCUT2D eigenvalue weighted by molar-refractivity contribution is 0.0772. The van der Waals surface area contributed by atoms with Crippen molar-refractivity contribution in [3.05, 3.63) is 47.7 Å². The van der Waals surface area contributed by atoms with Crippen LogP contribution in [-0.2, 0) is 6.54 Å². The highest BCUT2D eigenvalue weighted by Crippen LogP contribution is 2.27. The van der Waals surface area contributed by atoms with Gasteiger partial charge in [-0.1, -0.05) is 6.07 Å². The largest absolute Gasteiger partial charge is 0.493 e. The van der Waals surface area contributed by atoms with E-state index < -0.39 is 0 Å². The first kappa shape index (κ1) is 18.6. The fourth-order valence-corrected chi connectivity index (χ4v) is 2.50. The third kappa shape index (κ3) is 4.62. The van der Waals surface area contributed by atoms with Gasteiger partial charge in [0, 0.05) is 25.8 Å². The summed E-state index contributed by atoms with van der Waals surface area (Å²) in [5.41, 5.74) is 1.64. The van der Waals surface area contributed by atoms with E-state index >= 15 is 0 Å². The lowest BCUT2D eigenvalue weighted by Crippen LogP contribution is -2.30. The van der Waals surface area contributed by atoms with Gasteiger partial charge in [-0.15, -0.1) is 0 Å². The van der Waals surface area contributed by atoms with Crippen molar-refractivity contribution >= 4 is 11.7 Å². The maximum absolute atomic E-state index is 12.3. The first-order valence-corrected chi connectivity index (χ1v) is 8.33. The Morgan fingerprint density at radius 3 is 2.36 bits per heavy atom. The normalized spacial score (nSPS) is 10.2. The Morgan fingerprint density at radius 2 is 1.80 bits per heavy atom. The van der Waals surface area contributed by atoms with Gasteiger partial charge in [0.2, 0.25) is 0 Å². The maximum Gasteiger partial charge on any atom is 0.255 e. The summed E-state index contributed by atoms with van der Waals surface area (Å²) < 4.78 is 10.5. The van der Waals surface area contributed by atoms with Crippen LogP contribution >= 0.6 is 0 Å². The van der Waals surface area contributed by atoms with Gasteiger partial charge in [-0.3, -0.25) is 4.79 Å². The quantitative estimate of drug-likeness (QED) is 0.797. The molecule has 1 aromatic carbocycles. The third-order valence-electron chi connectivity index (χ3n) is 3.98. The molecule has 2 rings (SSSR count). The van der Waals surface area contributed by atoms with Gasteiger partial charge in [0.25, 0.3) is 5.91 Å². The van der Waals surface area contributed by atoms with Crippen molar-refractivity contribution in [2.75, 3.05) is 32.6 Å². The van der Waals surface area contributed by atoms with E-state index in [0.717, 1.165) is 5.56 Å². The molecule has 0 aliphatic heterocycles. The van der Waals surface area contributed by atoms with E-state index in [1.54, 1.807) is 31.4 Å². The molecule has 0 unspecified atom stereocenters. The predicted molar refractivity (Wildman–Crippen MR) is 98.4 cm³/mol. The van der Waals surface area contributed by atoms with Crippen LogP contribution in [0, 0.1) is 0 Å². The van der Waals surface area contributed by atoms with Crippen molar-refractivity contribution in [3.8, 4) is 11.5 Å². The second kappa shape index (κ2) is 8.92. The molecule has 1 N–H and O–H groups in total. The number of carbonyl (C=O) groups excluding carboxylic acids is 1. The summed E-state index contributed by atoms with van der Waals surface area (Å²) in [5.74, 6) is 2.10. The number of anilines is 1. The summed E-state index contributed by atoms with van der Waals surface area (Å²) >= 11 is 0. The van der Waals surface area contributed by atoms with Crippen LogP contribution in [0.25, 0.3) is 0 Å². The van der Waals surface area contributed by atoms with Crippen LogP contribution in [0.5, 0.6) is 11.5 Å². The zero-order chi connectivity index (χ0) is 18.2. The molecule has 1 amide bonds. The molecule has 0 radical (unpaired) electrons. The van der Waals surface area contributed by atoms with Gasteiger partial charge >= 0.3 is 0 Å². The van der Waals surface area contributed by atoms with Crippen LogP contribution in [0.15, 0.2) is 36.5 Å². The number of methoxy groups -OCH3 is 2. The van der Waals surface area contributed by atoms with E-state index in [1.807, 2.05) is 38.1 Å². The molecule has 6 heteroatoms. The second-order valence-corrected chi connectivity index (χ2v) is 5.45. The molecule has 0 saturated heterocycles. The van der Waals surface area contributed by atoms with Gasteiger partial charge in [-0.2, -0.15) is 0 Å². The molecule has 1 aromatic heterocycles. The predicted octanol–water partition coefficient (Wildman–Crippen LogP) is 3.19. The Morgan fingerprint density at radius 1 is 1.08 bits per heavy atom. The van der Waals surface area contributed by atoms with E-state index in [0.29, 0.717) is 42.5 Å². The number of pyridine rings is 1. The highest BCUT2D eigenvalue weighted by molar-refractivity contribution is 5.94. The molecular formula is C19H25N3O3. The van der Waals surface area contributed by atoms with Gasteiger partial charge in [-0.05, 0) is 43.7 Å². The van der Waals surface area contributed by atoms with Gasteiger partial charge in [0.1, 0.15) is 5.82 Å². The van der Waals surface area contributed by atoms with E-state index in [4.69, 9.17) is 9.47 Å². The summed E-state index contributed by atoms with van der Waals surface area (Å²) in [6, 6.07) is 9.37. The number of aromatic nitrogens is 1. The summed E-state index contributed by atoms with van der Waals surface area (Å²) in [7, 11) is 3.23. The van der Waals surface area contributed by atoms with Gasteiger partial charge < -0.3 is 19.7 Å². The van der Waals surface area contributed by atoms with Gasteiger partial charge in [-0.25, -0.2) is 4.98 Å². The van der Waals surface area contributed by atoms with Crippen LogP contribution in [0.1, 0.15) is 29.8 Å². The zero-order valence-corrected chi connectivity index (χ0v) is 15.2. The maximum atomic E-state index is 12.3. The number of hydrogen-bond donors (Lipinski definition) is 1. The molecular weight excluding hydrogens is 318 g/mol. The van der Waals surface area contributed by atoms with Crippen molar-refractivity contribution in [3.63, 3.8) is 0 Å². The van der Waals surface area contributed by atoms with E-state index in [9.17, 15) is 4.79 Å². The molecule has 0 spiro atoms. The number of carbonyl (C=O) groups is 1. The Hall–Kier alpha value is -2.76. The van der Waals surface area contributed by atoms with Crippen LogP contribution in [0.3, 0.4) is 0 Å². The molecule has 0 aliphatic rings. The molecule has 0 aliphatic carbocycles. The average Bonchev–Trinajstić information content (AvgIpc) is 2.67. The third-order valence-corrected chi connectivity index (χ3v) is 3.98. The first-order valence-electron chi connectivity index (χ1n) is 8.33. The van der Waals surface area contributed by atoms with Crippen molar-refractivity contribution in [1.82, 2.24) is 9.88 Å². The Bertz CT molecular complexity index is 698. The number of amides is 1. The van der Waals surface area contributed by atoms with Crippen molar-refractivity contribution in [2.24, 2.45) is 0 Å². The molecule has 0 saturated carbocycles. The minimum absolute atomic E-state index is 0.00365. The summed E-state index contributed by atoms with van der Waals surface area (Å²) in [6.07, 6.45) is 1.61. The van der Waals surface area contributed by atoms with E-state index in [2.05, 4.69) is 10.3 Å². The number of rotatable bonds is 8.